The third-order valence-electron chi connectivity index (χ3n) is 3.34. The summed E-state index contributed by atoms with van der Waals surface area (Å²) in [5.74, 6) is 0. The molecule has 0 N–H and O–H groups in total. The summed E-state index contributed by atoms with van der Waals surface area (Å²) in [7, 11) is 2.12. The van der Waals surface area contributed by atoms with Crippen molar-refractivity contribution in [3.63, 3.8) is 0 Å². The second kappa shape index (κ2) is 5.75. The predicted molar refractivity (Wildman–Crippen MR) is 58.4 cm³/mol. The molecular formula is C11H22F2N2. The summed E-state index contributed by atoms with van der Waals surface area (Å²) in [6.07, 6.45) is -0.160. The summed E-state index contributed by atoms with van der Waals surface area (Å²) >= 11 is 0. The third kappa shape index (κ3) is 4.03. The molecule has 2 nitrogen and oxygen atoms in total. The van der Waals surface area contributed by atoms with Gasteiger partial charge in [-0.15, -0.1) is 0 Å². The summed E-state index contributed by atoms with van der Waals surface area (Å²) in [6.45, 7) is 5.91. The molecular weight excluding hydrogens is 198 g/mol. The van der Waals surface area contributed by atoms with E-state index in [1.807, 2.05) is 4.90 Å². The van der Waals surface area contributed by atoms with Gasteiger partial charge in [-0.1, -0.05) is 0 Å². The Morgan fingerprint density at radius 3 is 2.20 bits per heavy atom. The zero-order chi connectivity index (χ0) is 11.4. The number of halogens is 2. The molecule has 0 amide bonds. The van der Waals surface area contributed by atoms with Crippen molar-refractivity contribution < 1.29 is 8.78 Å². The molecule has 0 aliphatic carbocycles. The van der Waals surface area contributed by atoms with Crippen LogP contribution in [0.5, 0.6) is 0 Å². The molecule has 15 heavy (non-hydrogen) atoms. The molecule has 0 atom stereocenters. The number of likely N-dealkylation sites (tertiary alicyclic amines) is 1. The van der Waals surface area contributed by atoms with Crippen LogP contribution in [-0.4, -0.2) is 55.0 Å². The first-order valence-electron chi connectivity index (χ1n) is 5.73. The third-order valence-corrected chi connectivity index (χ3v) is 3.34. The first-order chi connectivity index (χ1) is 7.00. The van der Waals surface area contributed by atoms with Gasteiger partial charge in [0.05, 0.1) is 6.54 Å². The fourth-order valence-corrected chi connectivity index (χ4v) is 2.13. The second-order valence-electron chi connectivity index (χ2n) is 4.68. The van der Waals surface area contributed by atoms with E-state index in [0.29, 0.717) is 12.1 Å². The van der Waals surface area contributed by atoms with Gasteiger partial charge in [0, 0.05) is 12.1 Å². The standard InChI is InChI=1S/C11H22F2N2/c1-9(2)14(3)10-4-6-15(7-5-10)8-11(12)13/h9-11H,4-8H2,1-3H3. The number of hydrogen-bond acceptors (Lipinski definition) is 2. The van der Waals surface area contributed by atoms with Gasteiger partial charge in [0.1, 0.15) is 0 Å². The average Bonchev–Trinajstić information content (AvgIpc) is 2.17. The van der Waals surface area contributed by atoms with E-state index < -0.39 is 6.43 Å². The maximum absolute atomic E-state index is 12.2. The van der Waals surface area contributed by atoms with E-state index >= 15 is 0 Å². The topological polar surface area (TPSA) is 6.48 Å². The Hall–Kier alpha value is -0.220. The van der Waals surface area contributed by atoms with Crippen molar-refractivity contribution in [3.8, 4) is 0 Å². The molecule has 0 radical (unpaired) electrons. The summed E-state index contributed by atoms with van der Waals surface area (Å²) in [5, 5.41) is 0. The van der Waals surface area contributed by atoms with Gasteiger partial charge in [0.2, 0.25) is 0 Å². The van der Waals surface area contributed by atoms with Gasteiger partial charge >= 0.3 is 0 Å². The molecule has 0 spiro atoms. The monoisotopic (exact) mass is 220 g/mol. The van der Waals surface area contributed by atoms with Crippen molar-refractivity contribution in [2.45, 2.75) is 45.2 Å². The van der Waals surface area contributed by atoms with Crippen molar-refractivity contribution in [2.24, 2.45) is 0 Å². The van der Waals surface area contributed by atoms with Crippen LogP contribution in [0.15, 0.2) is 0 Å². The maximum atomic E-state index is 12.2. The van der Waals surface area contributed by atoms with Crippen molar-refractivity contribution in [2.75, 3.05) is 26.7 Å². The van der Waals surface area contributed by atoms with Gasteiger partial charge in [0.25, 0.3) is 6.43 Å². The average molecular weight is 220 g/mol. The number of rotatable bonds is 4. The molecule has 1 rings (SSSR count). The minimum Gasteiger partial charge on any atom is -0.301 e. The van der Waals surface area contributed by atoms with Crippen LogP contribution in [-0.2, 0) is 0 Å². The van der Waals surface area contributed by atoms with Gasteiger partial charge in [0.15, 0.2) is 0 Å². The highest BCUT2D eigenvalue weighted by molar-refractivity contribution is 4.79. The summed E-state index contributed by atoms with van der Waals surface area (Å²) < 4.78 is 24.3. The Morgan fingerprint density at radius 2 is 1.80 bits per heavy atom. The quantitative estimate of drug-likeness (QED) is 0.715. The summed E-state index contributed by atoms with van der Waals surface area (Å²) in [5.41, 5.74) is 0. The number of piperidine rings is 1. The molecule has 1 heterocycles. The smallest absolute Gasteiger partial charge is 0.251 e. The molecule has 0 unspecified atom stereocenters. The molecule has 1 saturated heterocycles. The van der Waals surface area contributed by atoms with Crippen LogP contribution in [0.3, 0.4) is 0 Å². The highest BCUT2D eigenvalue weighted by Crippen LogP contribution is 2.17. The van der Waals surface area contributed by atoms with Gasteiger partial charge in [-0.25, -0.2) is 8.78 Å². The lowest BCUT2D eigenvalue weighted by Crippen LogP contribution is -2.46. The molecule has 0 saturated carbocycles. The summed E-state index contributed by atoms with van der Waals surface area (Å²) in [6, 6.07) is 1.11. The van der Waals surface area contributed by atoms with E-state index in [1.54, 1.807) is 0 Å². The molecule has 1 fully saturated rings. The highest BCUT2D eigenvalue weighted by Gasteiger charge is 2.24. The van der Waals surface area contributed by atoms with Crippen LogP contribution in [0.1, 0.15) is 26.7 Å². The number of hydrogen-bond donors (Lipinski definition) is 0. The zero-order valence-electron chi connectivity index (χ0n) is 9.92. The number of alkyl halides is 2. The summed E-state index contributed by atoms with van der Waals surface area (Å²) in [4.78, 5) is 4.22. The minimum absolute atomic E-state index is 0.0574. The van der Waals surface area contributed by atoms with E-state index in [9.17, 15) is 8.78 Å². The van der Waals surface area contributed by atoms with Crippen LogP contribution in [0.2, 0.25) is 0 Å². The Bertz CT molecular complexity index is 177. The SMILES string of the molecule is CC(C)N(C)C1CCN(CC(F)F)CC1. The van der Waals surface area contributed by atoms with Crippen molar-refractivity contribution in [1.29, 1.82) is 0 Å². The highest BCUT2D eigenvalue weighted by atomic mass is 19.3. The lowest BCUT2D eigenvalue weighted by atomic mass is 10.0. The maximum Gasteiger partial charge on any atom is 0.251 e. The molecule has 90 valence electrons. The predicted octanol–water partition coefficient (Wildman–Crippen LogP) is 2.06. The Labute approximate surface area is 91.2 Å². The van der Waals surface area contributed by atoms with Crippen LogP contribution in [0.25, 0.3) is 0 Å². The van der Waals surface area contributed by atoms with Gasteiger partial charge in [-0.3, -0.25) is 4.90 Å². The Balaban J connectivity index is 2.29. The van der Waals surface area contributed by atoms with Crippen LogP contribution in [0.4, 0.5) is 8.78 Å². The Morgan fingerprint density at radius 1 is 1.27 bits per heavy atom. The van der Waals surface area contributed by atoms with E-state index in [1.165, 1.54) is 0 Å². The first-order valence-corrected chi connectivity index (χ1v) is 5.73. The second-order valence-corrected chi connectivity index (χ2v) is 4.68. The van der Waals surface area contributed by atoms with Crippen molar-refractivity contribution in [3.05, 3.63) is 0 Å². The largest absolute Gasteiger partial charge is 0.301 e. The molecule has 0 aromatic heterocycles. The molecule has 0 aromatic carbocycles. The molecule has 0 bridgehead atoms. The minimum atomic E-state index is -2.19. The molecule has 0 aromatic rings. The van der Waals surface area contributed by atoms with Crippen molar-refractivity contribution >= 4 is 0 Å². The number of nitrogens with zero attached hydrogens (tertiary/aromatic N) is 2. The van der Waals surface area contributed by atoms with E-state index in [-0.39, 0.29) is 6.54 Å². The van der Waals surface area contributed by atoms with Crippen LogP contribution in [0, 0.1) is 0 Å². The van der Waals surface area contributed by atoms with Gasteiger partial charge < -0.3 is 4.90 Å². The fourth-order valence-electron chi connectivity index (χ4n) is 2.13. The van der Waals surface area contributed by atoms with Gasteiger partial charge in [-0.05, 0) is 46.8 Å². The van der Waals surface area contributed by atoms with E-state index in [0.717, 1.165) is 25.9 Å². The normalized spacial score (nSPS) is 20.8. The molecule has 4 heteroatoms. The van der Waals surface area contributed by atoms with E-state index in [2.05, 4.69) is 25.8 Å². The Kier molecular flexibility index (Phi) is 4.93. The van der Waals surface area contributed by atoms with E-state index in [4.69, 9.17) is 0 Å². The van der Waals surface area contributed by atoms with Crippen LogP contribution >= 0.6 is 0 Å². The molecule has 1 aliphatic rings. The van der Waals surface area contributed by atoms with Gasteiger partial charge in [-0.2, -0.15) is 0 Å². The van der Waals surface area contributed by atoms with Crippen molar-refractivity contribution in [1.82, 2.24) is 9.80 Å². The lowest BCUT2D eigenvalue weighted by molar-refractivity contribution is 0.0525. The fraction of sp³-hybridized carbons (Fsp3) is 1.00. The zero-order valence-corrected chi connectivity index (χ0v) is 9.92. The molecule has 1 aliphatic heterocycles. The first kappa shape index (κ1) is 12.8. The van der Waals surface area contributed by atoms with Crippen LogP contribution < -0.4 is 0 Å². The lowest BCUT2D eigenvalue weighted by Gasteiger charge is -2.38.